The van der Waals surface area contributed by atoms with Crippen LogP contribution in [0.5, 0.6) is 23.0 Å². The minimum Gasteiger partial charge on any atom is -0.458 e. The zero-order chi connectivity index (χ0) is 35.8. The average molecular weight is 680 g/mol. The van der Waals surface area contributed by atoms with Crippen LogP contribution in [0.4, 0.5) is 0 Å². The highest BCUT2D eigenvalue weighted by Crippen LogP contribution is 2.45. The van der Waals surface area contributed by atoms with E-state index in [2.05, 4.69) is 160 Å². The van der Waals surface area contributed by atoms with Crippen molar-refractivity contribution in [1.29, 1.82) is 5.26 Å². The Morgan fingerprint density at radius 2 is 1.00 bits per heavy atom. The third-order valence-electron chi connectivity index (χ3n) is 10.9. The van der Waals surface area contributed by atoms with Crippen LogP contribution in [0.15, 0.2) is 152 Å². The quantitative estimate of drug-likeness (QED) is 0.138. The van der Waals surface area contributed by atoms with Gasteiger partial charge in [-0.25, -0.2) is 0 Å². The highest BCUT2D eigenvalue weighted by atomic mass is 16.5. The molecule has 3 nitrogen and oxygen atoms in total. The minimum atomic E-state index is -0.0214. The van der Waals surface area contributed by atoms with Gasteiger partial charge in [-0.2, -0.15) is 5.26 Å². The molecular weight excluding hydrogens is 645 g/mol. The molecule has 0 aliphatic carbocycles. The van der Waals surface area contributed by atoms with E-state index in [1.807, 2.05) is 18.2 Å². The van der Waals surface area contributed by atoms with E-state index in [9.17, 15) is 5.26 Å². The first kappa shape index (κ1) is 31.2. The lowest BCUT2D eigenvalue weighted by Gasteiger charge is -2.34. The molecule has 0 saturated heterocycles. The fourth-order valence-corrected chi connectivity index (χ4v) is 8.44. The summed E-state index contributed by atoms with van der Waals surface area (Å²) in [5.41, 5.74) is 11.5. The molecule has 0 amide bonds. The summed E-state index contributed by atoms with van der Waals surface area (Å²) >= 11 is 0. The molecule has 250 valence electrons. The predicted octanol–water partition coefficient (Wildman–Crippen LogP) is 10.9. The van der Waals surface area contributed by atoms with Crippen LogP contribution in [0.3, 0.4) is 0 Å². The third kappa shape index (κ3) is 4.96. The number of para-hydroxylation sites is 1. The number of benzene rings is 8. The summed E-state index contributed by atoms with van der Waals surface area (Å²) in [6.45, 7) is 6.71. The molecule has 0 N–H and O–H groups in total. The largest absolute Gasteiger partial charge is 0.458 e. The molecule has 0 fully saturated rings. The maximum absolute atomic E-state index is 10.4. The summed E-state index contributed by atoms with van der Waals surface area (Å²) in [5.74, 6) is 3.27. The van der Waals surface area contributed by atoms with Gasteiger partial charge in [-0.3, -0.25) is 0 Å². The van der Waals surface area contributed by atoms with Crippen LogP contribution < -0.4 is 25.9 Å². The molecule has 2 heterocycles. The molecule has 0 atom stereocenters. The average Bonchev–Trinajstić information content (AvgIpc) is 3.19. The molecule has 0 saturated carbocycles. The minimum absolute atomic E-state index is 0.00529. The zero-order valence-corrected chi connectivity index (χ0v) is 29.8. The Bertz CT molecular complexity index is 2770. The van der Waals surface area contributed by atoms with Crippen molar-refractivity contribution in [2.75, 3.05) is 0 Å². The molecule has 0 spiro atoms. The van der Waals surface area contributed by atoms with E-state index in [0.29, 0.717) is 5.56 Å². The second-order valence-corrected chi connectivity index (χ2v) is 15.2. The zero-order valence-electron chi connectivity index (χ0n) is 29.8. The van der Waals surface area contributed by atoms with Gasteiger partial charge in [-0.1, -0.05) is 130 Å². The van der Waals surface area contributed by atoms with Gasteiger partial charge in [0, 0.05) is 5.46 Å². The number of hydrogen-bond acceptors (Lipinski definition) is 3. The van der Waals surface area contributed by atoms with Crippen molar-refractivity contribution in [2.45, 2.75) is 26.2 Å². The Hall–Kier alpha value is -6.57. The van der Waals surface area contributed by atoms with Gasteiger partial charge in [0.2, 0.25) is 0 Å². The Morgan fingerprint density at radius 3 is 1.62 bits per heavy atom. The van der Waals surface area contributed by atoms with Crippen LogP contribution in [-0.2, 0) is 5.41 Å². The van der Waals surface area contributed by atoms with Crippen molar-refractivity contribution in [1.82, 2.24) is 0 Å². The maximum Gasteiger partial charge on any atom is 0.260 e. The van der Waals surface area contributed by atoms with Crippen molar-refractivity contribution in [2.24, 2.45) is 0 Å². The van der Waals surface area contributed by atoms with Crippen molar-refractivity contribution < 1.29 is 9.47 Å². The van der Waals surface area contributed by atoms with Crippen LogP contribution in [0.1, 0.15) is 31.9 Å². The van der Waals surface area contributed by atoms with E-state index >= 15 is 0 Å². The second kappa shape index (κ2) is 11.7. The predicted molar refractivity (Wildman–Crippen MR) is 219 cm³/mol. The topological polar surface area (TPSA) is 42.2 Å². The molecule has 10 rings (SSSR count). The molecule has 2 aliphatic rings. The lowest BCUT2D eigenvalue weighted by Crippen LogP contribution is -2.57. The Morgan fingerprint density at radius 1 is 0.472 bits per heavy atom. The first-order valence-electron chi connectivity index (χ1n) is 18.2. The van der Waals surface area contributed by atoms with Crippen molar-refractivity contribution >= 4 is 44.6 Å². The summed E-state index contributed by atoms with van der Waals surface area (Å²) in [7, 11) is 0. The van der Waals surface area contributed by atoms with Crippen molar-refractivity contribution in [3.05, 3.63) is 163 Å². The van der Waals surface area contributed by atoms with E-state index in [-0.39, 0.29) is 12.1 Å². The van der Waals surface area contributed by atoms with Gasteiger partial charge >= 0.3 is 0 Å². The normalized spacial score (nSPS) is 12.7. The molecule has 0 radical (unpaired) electrons. The number of fused-ring (bicyclic) bond motifs is 6. The highest BCUT2D eigenvalue weighted by molar-refractivity contribution is 6.98. The molecule has 4 heteroatoms. The molecule has 53 heavy (non-hydrogen) atoms. The second-order valence-electron chi connectivity index (χ2n) is 15.2. The smallest absolute Gasteiger partial charge is 0.260 e. The van der Waals surface area contributed by atoms with Gasteiger partial charge < -0.3 is 9.47 Å². The van der Waals surface area contributed by atoms with Crippen LogP contribution in [0.2, 0.25) is 0 Å². The monoisotopic (exact) mass is 679 g/mol. The third-order valence-corrected chi connectivity index (χ3v) is 10.9. The first-order valence-corrected chi connectivity index (χ1v) is 18.2. The Kier molecular flexibility index (Phi) is 6.91. The fourth-order valence-electron chi connectivity index (χ4n) is 8.44. The van der Waals surface area contributed by atoms with E-state index in [4.69, 9.17) is 9.47 Å². The summed E-state index contributed by atoms with van der Waals surface area (Å²) in [4.78, 5) is 0. The SMILES string of the molecule is CC(C)(C)c1ccc2c(c1)B1c3ccccc3Oc3cc(-c4cc(C#N)cc(-c5c6ccccc6c(-c6ccccc6)c6ccccc56)c4)cc(c31)O2. The Labute approximate surface area is 309 Å². The summed E-state index contributed by atoms with van der Waals surface area (Å²) in [6.07, 6.45) is 0. The van der Waals surface area contributed by atoms with Gasteiger partial charge in [-0.15, -0.1) is 0 Å². The number of hydrogen-bond donors (Lipinski definition) is 0. The number of ether oxygens (including phenoxy) is 2. The molecule has 8 aromatic carbocycles. The molecule has 0 unspecified atom stereocenters. The molecule has 0 aromatic heterocycles. The summed E-state index contributed by atoms with van der Waals surface area (Å²) < 4.78 is 13.5. The van der Waals surface area contributed by atoms with Gasteiger partial charge in [0.15, 0.2) is 0 Å². The summed E-state index contributed by atoms with van der Waals surface area (Å²) in [6, 6.07) is 55.7. The lowest BCUT2D eigenvalue weighted by molar-refractivity contribution is 0.464. The van der Waals surface area contributed by atoms with Crippen molar-refractivity contribution in [3.63, 3.8) is 0 Å². The molecule has 8 aromatic rings. The summed E-state index contributed by atoms with van der Waals surface area (Å²) in [5, 5.41) is 15.1. The first-order chi connectivity index (χ1) is 25.9. The maximum atomic E-state index is 10.4. The van der Waals surface area contributed by atoms with Gasteiger partial charge in [0.1, 0.15) is 23.0 Å². The number of rotatable bonds is 3. The van der Waals surface area contributed by atoms with Crippen LogP contribution in [0, 0.1) is 11.3 Å². The van der Waals surface area contributed by atoms with Gasteiger partial charge in [0.05, 0.1) is 11.6 Å². The van der Waals surface area contributed by atoms with Crippen LogP contribution in [0.25, 0.3) is 54.9 Å². The van der Waals surface area contributed by atoms with E-state index in [1.165, 1.54) is 27.5 Å². The van der Waals surface area contributed by atoms with Gasteiger partial charge in [-0.05, 0) is 119 Å². The fraction of sp³-hybridized carbons (Fsp3) is 0.0816. The molecular formula is C49H34BNO2. The molecule has 2 aliphatic heterocycles. The standard InChI is InChI=1S/C49H34BNO2/c1-49(2,3)35-21-22-43-41(28-35)50-40-19-11-12-20-42(40)52-44-26-33(27-45(53-43)48(44)50)32-23-30(29-51)24-34(25-32)47-38-17-9-7-15-36(38)46(31-13-5-4-6-14-31)37-16-8-10-18-39(37)47/h4-28H,1-3H3. The Balaban J connectivity index is 1.19. The van der Waals surface area contributed by atoms with Crippen LogP contribution >= 0.6 is 0 Å². The van der Waals surface area contributed by atoms with E-state index in [0.717, 1.165) is 72.4 Å². The molecule has 0 bridgehead atoms. The van der Waals surface area contributed by atoms with E-state index in [1.54, 1.807) is 0 Å². The highest BCUT2D eigenvalue weighted by Gasteiger charge is 2.41. The van der Waals surface area contributed by atoms with Crippen molar-refractivity contribution in [3.8, 4) is 62.4 Å². The number of nitriles is 1. The van der Waals surface area contributed by atoms with E-state index < -0.39 is 0 Å². The van der Waals surface area contributed by atoms with Crippen LogP contribution in [-0.4, -0.2) is 6.71 Å². The van der Waals surface area contributed by atoms with Gasteiger partial charge in [0.25, 0.3) is 6.71 Å². The number of nitrogens with zero attached hydrogens (tertiary/aromatic N) is 1. The lowest BCUT2D eigenvalue weighted by atomic mass is 9.34.